The quantitative estimate of drug-likeness (QED) is 0.112. The molecule has 0 saturated heterocycles. The Morgan fingerprint density at radius 3 is 2.00 bits per heavy atom. The van der Waals surface area contributed by atoms with E-state index >= 15 is 0 Å². The number of aliphatic imine (C=N–C) groups is 1. The number of nitrogens with one attached hydrogen (secondary N) is 2. The summed E-state index contributed by atoms with van der Waals surface area (Å²) in [6.45, 7) is 1.34. The molecule has 20 heteroatoms. The van der Waals surface area contributed by atoms with Crippen molar-refractivity contribution in [3.63, 3.8) is 0 Å². The van der Waals surface area contributed by atoms with Gasteiger partial charge in [-0.05, 0) is 47.9 Å². The molecule has 0 unspecified atom stereocenters. The van der Waals surface area contributed by atoms with Gasteiger partial charge in [0.25, 0.3) is 5.91 Å². The topological polar surface area (TPSA) is 175 Å². The van der Waals surface area contributed by atoms with Gasteiger partial charge < -0.3 is 25.1 Å². The number of ketones is 1. The lowest BCUT2D eigenvalue weighted by atomic mass is 10.0. The molecule has 1 amide bonds. The van der Waals surface area contributed by atoms with Gasteiger partial charge in [-0.15, -0.1) is 0 Å². The average molecular weight is 804 g/mol. The van der Waals surface area contributed by atoms with Crippen LogP contribution in [-0.2, 0) is 31.9 Å². The molecule has 0 saturated carbocycles. The number of para-hydroxylation sites is 2. The molecule has 5 rings (SSSR count). The molecule has 0 radical (unpaired) electrons. The van der Waals surface area contributed by atoms with Crippen molar-refractivity contribution in [2.45, 2.75) is 76.6 Å². The van der Waals surface area contributed by atoms with Crippen LogP contribution in [0.15, 0.2) is 77.9 Å². The van der Waals surface area contributed by atoms with Crippen LogP contribution in [0.25, 0.3) is 27.5 Å². The maximum absolute atomic E-state index is 13.8. The fraction of sp³-hybridized carbons (Fsp3) is 0.333. The van der Waals surface area contributed by atoms with Crippen molar-refractivity contribution in [2.75, 3.05) is 0 Å². The van der Waals surface area contributed by atoms with E-state index in [9.17, 15) is 49.1 Å². The van der Waals surface area contributed by atoms with Gasteiger partial charge in [0.05, 0.1) is 6.20 Å². The Morgan fingerprint density at radius 1 is 0.821 bits per heavy atom. The molecule has 56 heavy (non-hydrogen) atoms. The van der Waals surface area contributed by atoms with Crippen molar-refractivity contribution >= 4 is 57.0 Å². The molecule has 302 valence electrons. The molecule has 11 nitrogen and oxygen atoms in total. The molecule has 1 aliphatic heterocycles. The smallest absolute Gasteiger partial charge is 0.494 e. The van der Waals surface area contributed by atoms with E-state index < -0.39 is 54.8 Å². The third kappa shape index (κ3) is 13.2. The summed E-state index contributed by atoms with van der Waals surface area (Å²) in [6, 6.07) is 20.1. The average Bonchev–Trinajstić information content (AvgIpc) is 3.76. The van der Waals surface area contributed by atoms with Crippen LogP contribution < -0.4 is 25.4 Å². The van der Waals surface area contributed by atoms with E-state index in [1.807, 2.05) is 48.6 Å². The number of carbonyl (C=O) groups is 4. The van der Waals surface area contributed by atoms with Crippen molar-refractivity contribution in [1.82, 2.24) is 10.3 Å². The number of quaternary nitrogens is 1. The van der Waals surface area contributed by atoms with Crippen LogP contribution in [-0.4, -0.2) is 52.8 Å². The highest BCUT2D eigenvalue weighted by Gasteiger charge is 2.44. The number of carboxylic acid groups (broad SMARTS) is 2. The predicted molar refractivity (Wildman–Crippen MR) is 177 cm³/mol. The number of rotatable bonds is 12. The number of amidine groups is 1. The number of halogens is 9. The van der Waals surface area contributed by atoms with Crippen LogP contribution in [0, 0.1) is 0 Å². The Balaban J connectivity index is 0.000000512. The number of H-pyrrole nitrogens is 1. The SMILES string of the molecule is CCC(=O)CCCCC[C@H](NC(=O)C[n+]1c(C(F)(F)F)[nH]c2ccccc21)C1=NC=C(c2ccc3ccccc3c2)[NH2+]1.O=C([O-])C(F)(F)F.O=C([O-])C(F)(F)F. The lowest BCUT2D eigenvalue weighted by Gasteiger charge is -2.17. The standard InChI is InChI=1S/C32H32F3N5O2.2C2HF3O2/c1-2-24(41)12-4-3-5-14-26(30-36-19-27(38-30)23-17-16-21-10-6-7-11-22(21)18-23)37-29(42)20-40-28-15-9-8-13-25(28)39-31(40)32(33,34)35;2*3-2(4,5)1(6)7/h6-11,13,15-19,26H,2-5,12,14,20H2,1H3,(H2,36,37,38,42);2*(H,6,7)/t26-;;/m0../s1. The first-order chi connectivity index (χ1) is 26.1. The van der Waals surface area contributed by atoms with E-state index in [1.165, 1.54) is 0 Å². The number of aromatic nitrogens is 2. The van der Waals surface area contributed by atoms with Gasteiger partial charge in [-0.3, -0.25) is 14.9 Å². The monoisotopic (exact) mass is 803 g/mol. The molecule has 1 aliphatic rings. The lowest BCUT2D eigenvalue weighted by Crippen LogP contribution is -2.87. The van der Waals surface area contributed by atoms with Gasteiger partial charge in [0.1, 0.15) is 23.8 Å². The van der Waals surface area contributed by atoms with Crippen molar-refractivity contribution in [1.29, 1.82) is 0 Å². The number of benzene rings is 3. The molecule has 3 aromatic carbocycles. The number of fused-ring (bicyclic) bond motifs is 2. The highest BCUT2D eigenvalue weighted by molar-refractivity contribution is 5.91. The zero-order valence-corrected chi connectivity index (χ0v) is 29.3. The third-order valence-electron chi connectivity index (χ3n) is 8.02. The molecule has 1 atom stereocenters. The number of nitrogens with zero attached hydrogens (tertiary/aromatic N) is 2. The number of aliphatic carboxylic acids is 2. The minimum absolute atomic E-state index is 0.216. The summed E-state index contributed by atoms with van der Waals surface area (Å²) in [4.78, 5) is 49.5. The Labute approximate surface area is 311 Å². The summed E-state index contributed by atoms with van der Waals surface area (Å²) in [5.74, 6) is -6.68. The van der Waals surface area contributed by atoms with Crippen LogP contribution in [0.2, 0.25) is 0 Å². The summed E-state index contributed by atoms with van der Waals surface area (Å²) >= 11 is 0. The van der Waals surface area contributed by atoms with Gasteiger partial charge in [0.2, 0.25) is 5.84 Å². The Hall–Kier alpha value is -5.79. The summed E-state index contributed by atoms with van der Waals surface area (Å²) in [5.41, 5.74) is 2.48. The fourth-order valence-electron chi connectivity index (χ4n) is 5.32. The number of amides is 1. The van der Waals surface area contributed by atoms with E-state index in [2.05, 4.69) is 21.4 Å². The van der Waals surface area contributed by atoms with Gasteiger partial charge in [-0.25, -0.2) is 14.5 Å². The van der Waals surface area contributed by atoms with Crippen molar-refractivity contribution < 1.29 is 78.8 Å². The van der Waals surface area contributed by atoms with Crippen LogP contribution in [0.4, 0.5) is 39.5 Å². The highest BCUT2D eigenvalue weighted by atomic mass is 19.4. The first-order valence-corrected chi connectivity index (χ1v) is 16.7. The van der Waals surface area contributed by atoms with Crippen LogP contribution in [0.3, 0.4) is 0 Å². The molecular weight excluding hydrogens is 769 g/mol. The fourth-order valence-corrected chi connectivity index (χ4v) is 5.32. The van der Waals surface area contributed by atoms with Gasteiger partial charge in [-0.1, -0.05) is 62.2 Å². The highest BCUT2D eigenvalue weighted by Crippen LogP contribution is 2.27. The number of alkyl halides is 9. The van der Waals surface area contributed by atoms with Crippen LogP contribution >= 0.6 is 0 Å². The van der Waals surface area contributed by atoms with Crippen LogP contribution in [0.1, 0.15) is 56.8 Å². The Bertz CT molecular complexity index is 2070. The molecule has 0 aliphatic carbocycles. The predicted octanol–water partition coefficient (Wildman–Crippen LogP) is 3.61. The summed E-state index contributed by atoms with van der Waals surface area (Å²) in [7, 11) is 0. The van der Waals surface area contributed by atoms with Crippen LogP contribution in [0.5, 0.6) is 0 Å². The maximum atomic E-state index is 13.8. The van der Waals surface area contributed by atoms with Crippen molar-refractivity contribution in [3.05, 3.63) is 84.3 Å². The molecule has 1 aromatic heterocycles. The van der Waals surface area contributed by atoms with E-state index in [4.69, 9.17) is 19.8 Å². The normalized spacial score (nSPS) is 13.5. The lowest BCUT2D eigenvalue weighted by molar-refractivity contribution is -0.678. The minimum atomic E-state index is -5.19. The molecule has 4 N–H and O–H groups in total. The first-order valence-electron chi connectivity index (χ1n) is 16.7. The minimum Gasteiger partial charge on any atom is -0.542 e. The number of hydrogen-bond acceptors (Lipinski definition) is 7. The van der Waals surface area contributed by atoms with Crippen molar-refractivity contribution in [3.8, 4) is 0 Å². The molecular formula is C36H34F9N5O6. The molecule has 0 fully saturated rings. The molecule has 2 heterocycles. The van der Waals surface area contributed by atoms with E-state index in [0.717, 1.165) is 45.9 Å². The second-order valence-corrected chi connectivity index (χ2v) is 12.1. The number of aromatic amines is 1. The van der Waals surface area contributed by atoms with Gasteiger partial charge in [0, 0.05) is 18.4 Å². The third-order valence-corrected chi connectivity index (χ3v) is 8.02. The van der Waals surface area contributed by atoms with E-state index in [1.54, 1.807) is 30.5 Å². The largest absolute Gasteiger partial charge is 0.542 e. The van der Waals surface area contributed by atoms with Gasteiger partial charge >= 0.3 is 24.4 Å². The summed E-state index contributed by atoms with van der Waals surface area (Å²) in [5, 5.41) is 24.7. The first kappa shape index (κ1) is 44.6. The molecule has 0 spiro atoms. The second-order valence-electron chi connectivity index (χ2n) is 12.1. The Morgan fingerprint density at radius 2 is 1.41 bits per heavy atom. The molecule has 4 aromatic rings. The number of carbonyl (C=O) groups excluding carboxylic acids is 4. The zero-order chi connectivity index (χ0) is 41.8. The summed E-state index contributed by atoms with van der Waals surface area (Å²) in [6.07, 6.45) is -9.43. The zero-order valence-electron chi connectivity index (χ0n) is 29.3. The van der Waals surface area contributed by atoms with E-state index in [0.29, 0.717) is 36.1 Å². The van der Waals surface area contributed by atoms with Gasteiger partial charge in [-0.2, -0.15) is 39.5 Å². The van der Waals surface area contributed by atoms with Crippen molar-refractivity contribution in [2.24, 2.45) is 4.99 Å². The number of imidazole rings is 1. The van der Waals surface area contributed by atoms with Gasteiger partial charge in [0.15, 0.2) is 23.3 Å². The maximum Gasteiger partial charge on any atom is 0.494 e. The number of hydrogen-bond donors (Lipinski definition) is 3. The number of Topliss-reactive ketones (excluding diaryl/α,β-unsaturated/α-hetero) is 1. The summed E-state index contributed by atoms with van der Waals surface area (Å²) < 4.78 is 106. The van der Waals surface area contributed by atoms with E-state index in [-0.39, 0.29) is 5.78 Å². The number of carboxylic acids is 2. The number of unbranched alkanes of at least 4 members (excludes halogenated alkanes) is 2. The number of nitrogens with two attached hydrogens (primary N) is 1. The Kier molecular flexibility index (Phi) is 15.3. The molecule has 0 bridgehead atoms. The second kappa shape index (κ2) is 19.2.